The first-order valence-electron chi connectivity index (χ1n) is 9.94. The highest BCUT2D eigenvalue weighted by Gasteiger charge is 2.40. The molecule has 0 saturated heterocycles. The molecule has 0 unspecified atom stereocenters. The molecule has 5 rings (SSSR count). The Morgan fingerprint density at radius 2 is 1.93 bits per heavy atom. The Labute approximate surface area is 179 Å². The Kier molecular flexibility index (Phi) is 4.49. The van der Waals surface area contributed by atoms with Gasteiger partial charge in [-0.05, 0) is 32.8 Å². The number of hydrogen-bond donors (Lipinski definition) is 2. The molecule has 6 nitrogen and oxygen atoms in total. The highest BCUT2D eigenvalue weighted by atomic mass is 35.5. The second-order valence-electron chi connectivity index (χ2n) is 8.17. The molecule has 1 aliphatic rings. The van der Waals surface area contributed by atoms with Crippen molar-refractivity contribution in [2.24, 2.45) is 0 Å². The number of hydrogen-bond acceptors (Lipinski definition) is 4. The summed E-state index contributed by atoms with van der Waals surface area (Å²) in [6.07, 6.45) is 10.4. The van der Waals surface area contributed by atoms with Crippen molar-refractivity contribution in [1.82, 2.24) is 24.7 Å². The van der Waals surface area contributed by atoms with Crippen LogP contribution in [-0.2, 0) is 0 Å². The number of aromatic nitrogens is 5. The first-order valence-corrected chi connectivity index (χ1v) is 10.3. The van der Waals surface area contributed by atoms with Gasteiger partial charge in [0.25, 0.3) is 0 Å². The van der Waals surface area contributed by atoms with E-state index in [1.165, 1.54) is 0 Å². The van der Waals surface area contributed by atoms with Gasteiger partial charge >= 0.3 is 0 Å². The van der Waals surface area contributed by atoms with Crippen LogP contribution in [0.4, 0.5) is 0 Å². The Hall–Kier alpha value is -2.96. The van der Waals surface area contributed by atoms with Crippen LogP contribution in [0.25, 0.3) is 33.6 Å². The summed E-state index contributed by atoms with van der Waals surface area (Å²) in [5, 5.41) is 15.4. The average Bonchev–Trinajstić information content (AvgIpc) is 3.30. The summed E-state index contributed by atoms with van der Waals surface area (Å²) in [6.45, 7) is 3.93. The smallest absolute Gasteiger partial charge is 0.0913 e. The maximum atomic E-state index is 10.1. The van der Waals surface area contributed by atoms with Gasteiger partial charge in [0.15, 0.2) is 0 Å². The van der Waals surface area contributed by atoms with Crippen LogP contribution >= 0.6 is 11.6 Å². The van der Waals surface area contributed by atoms with E-state index in [1.807, 2.05) is 48.3 Å². The van der Waals surface area contributed by atoms with Crippen molar-refractivity contribution in [3.63, 3.8) is 0 Å². The van der Waals surface area contributed by atoms with Crippen molar-refractivity contribution in [3.8, 4) is 33.6 Å². The van der Waals surface area contributed by atoms with E-state index in [-0.39, 0.29) is 6.04 Å². The number of aliphatic hydroxyl groups is 1. The van der Waals surface area contributed by atoms with Crippen LogP contribution in [0.3, 0.4) is 0 Å². The molecule has 0 atom stereocenters. The highest BCUT2D eigenvalue weighted by molar-refractivity contribution is 6.33. The average molecular weight is 420 g/mol. The van der Waals surface area contributed by atoms with Crippen LogP contribution in [0.1, 0.15) is 31.5 Å². The summed E-state index contributed by atoms with van der Waals surface area (Å²) in [5.41, 5.74) is 5.99. The van der Waals surface area contributed by atoms with Crippen molar-refractivity contribution >= 4 is 11.6 Å². The lowest BCUT2D eigenvalue weighted by Gasteiger charge is -2.41. The van der Waals surface area contributed by atoms with E-state index in [9.17, 15) is 5.11 Å². The number of rotatable bonds is 4. The lowest BCUT2D eigenvalue weighted by atomic mass is 9.77. The molecule has 0 radical (unpaired) electrons. The van der Waals surface area contributed by atoms with E-state index in [2.05, 4.69) is 27.0 Å². The summed E-state index contributed by atoms with van der Waals surface area (Å²) >= 11 is 6.51. The van der Waals surface area contributed by atoms with Crippen molar-refractivity contribution in [1.29, 1.82) is 0 Å². The van der Waals surface area contributed by atoms with E-state index in [4.69, 9.17) is 11.6 Å². The molecule has 0 bridgehead atoms. The number of nitrogens with zero attached hydrogens (tertiary/aromatic N) is 4. The summed E-state index contributed by atoms with van der Waals surface area (Å²) in [6, 6.07) is 7.99. The topological polar surface area (TPSA) is 79.6 Å². The van der Waals surface area contributed by atoms with Gasteiger partial charge in [-0.15, -0.1) is 0 Å². The number of H-pyrrole nitrogens is 1. The minimum atomic E-state index is -0.600. The molecule has 30 heavy (non-hydrogen) atoms. The molecule has 1 fully saturated rings. The third-order valence-electron chi connectivity index (χ3n) is 5.87. The minimum absolute atomic E-state index is 0.215. The highest BCUT2D eigenvalue weighted by Crippen LogP contribution is 2.45. The van der Waals surface area contributed by atoms with Gasteiger partial charge in [0.2, 0.25) is 0 Å². The maximum absolute atomic E-state index is 10.1. The number of benzene rings is 1. The minimum Gasteiger partial charge on any atom is -0.390 e. The van der Waals surface area contributed by atoms with Gasteiger partial charge in [-0.2, -0.15) is 5.10 Å². The van der Waals surface area contributed by atoms with Crippen LogP contribution in [0.5, 0.6) is 0 Å². The molecule has 152 valence electrons. The van der Waals surface area contributed by atoms with Crippen molar-refractivity contribution in [2.75, 3.05) is 0 Å². The molecule has 7 heteroatoms. The van der Waals surface area contributed by atoms with Gasteiger partial charge in [-0.25, -0.2) is 0 Å². The Balaban J connectivity index is 1.66. The molecule has 4 aromatic rings. The second-order valence-corrected chi connectivity index (χ2v) is 8.58. The van der Waals surface area contributed by atoms with E-state index < -0.39 is 5.60 Å². The summed E-state index contributed by atoms with van der Waals surface area (Å²) in [4.78, 5) is 12.3. The molecular weight excluding hydrogens is 398 g/mol. The standard InChI is InChI=1S/C23H22ClN5O/c1-14-17(12-28-29(14)15-9-23(2,30)10-15)22-21(20-13-25-7-8-26-20)18(11-27-22)16-5-3-4-6-19(16)24/h3-8,11-13,15,27,30H,9-10H2,1-2H3. The zero-order valence-corrected chi connectivity index (χ0v) is 17.6. The van der Waals surface area contributed by atoms with Crippen molar-refractivity contribution in [3.05, 3.63) is 66.0 Å². The molecule has 3 aromatic heterocycles. The fourth-order valence-electron chi connectivity index (χ4n) is 4.39. The fraction of sp³-hybridized carbons (Fsp3) is 0.261. The normalized spacial score (nSPS) is 20.9. The van der Waals surface area contributed by atoms with E-state index in [0.29, 0.717) is 17.9 Å². The van der Waals surface area contributed by atoms with Crippen LogP contribution in [0, 0.1) is 6.92 Å². The number of nitrogens with one attached hydrogen (secondary N) is 1. The lowest BCUT2D eigenvalue weighted by molar-refractivity contribution is -0.0548. The number of aromatic amines is 1. The van der Waals surface area contributed by atoms with Gasteiger partial charge < -0.3 is 10.1 Å². The molecule has 1 aromatic carbocycles. The molecule has 0 amide bonds. The Morgan fingerprint density at radius 1 is 1.13 bits per heavy atom. The Morgan fingerprint density at radius 3 is 2.63 bits per heavy atom. The van der Waals surface area contributed by atoms with Gasteiger partial charge in [-0.3, -0.25) is 14.6 Å². The van der Waals surface area contributed by atoms with Gasteiger partial charge in [0, 0.05) is 51.6 Å². The predicted molar refractivity (Wildman–Crippen MR) is 117 cm³/mol. The molecule has 1 aliphatic carbocycles. The van der Waals surface area contributed by atoms with Gasteiger partial charge in [0.1, 0.15) is 0 Å². The van der Waals surface area contributed by atoms with Crippen LogP contribution in [0.2, 0.25) is 5.02 Å². The van der Waals surface area contributed by atoms with Crippen molar-refractivity contribution < 1.29 is 5.11 Å². The molecule has 1 saturated carbocycles. The third-order valence-corrected chi connectivity index (χ3v) is 6.20. The fourth-order valence-corrected chi connectivity index (χ4v) is 4.62. The molecule has 0 aliphatic heterocycles. The van der Waals surface area contributed by atoms with E-state index in [0.717, 1.165) is 39.3 Å². The van der Waals surface area contributed by atoms with E-state index >= 15 is 0 Å². The monoisotopic (exact) mass is 419 g/mol. The first kappa shape index (κ1) is 19.0. The second kappa shape index (κ2) is 7.07. The zero-order chi connectivity index (χ0) is 20.9. The summed E-state index contributed by atoms with van der Waals surface area (Å²) < 4.78 is 2.02. The third kappa shape index (κ3) is 3.13. The Bertz CT molecular complexity index is 1200. The molecule has 3 heterocycles. The van der Waals surface area contributed by atoms with Crippen molar-refractivity contribution in [2.45, 2.75) is 38.3 Å². The van der Waals surface area contributed by atoms with E-state index in [1.54, 1.807) is 18.6 Å². The molecule has 0 spiro atoms. The lowest BCUT2D eigenvalue weighted by Crippen LogP contribution is -2.42. The number of halogens is 1. The zero-order valence-electron chi connectivity index (χ0n) is 16.8. The summed E-state index contributed by atoms with van der Waals surface area (Å²) in [7, 11) is 0. The summed E-state index contributed by atoms with van der Waals surface area (Å²) in [5.74, 6) is 0. The van der Waals surface area contributed by atoms with Gasteiger partial charge in [-0.1, -0.05) is 29.8 Å². The predicted octanol–water partition coefficient (Wildman–Crippen LogP) is 5.05. The SMILES string of the molecule is Cc1c(-c2[nH]cc(-c3ccccc3Cl)c2-c2cnccn2)cnn1C1CC(C)(O)C1. The maximum Gasteiger partial charge on any atom is 0.0913 e. The van der Waals surface area contributed by atoms with Gasteiger partial charge in [0.05, 0.1) is 35.4 Å². The first-order chi connectivity index (χ1) is 14.4. The van der Waals surface area contributed by atoms with Crippen LogP contribution in [0.15, 0.2) is 55.2 Å². The van der Waals surface area contributed by atoms with Crippen LogP contribution in [-0.4, -0.2) is 35.4 Å². The molecular formula is C23H22ClN5O. The largest absolute Gasteiger partial charge is 0.390 e. The van der Waals surface area contributed by atoms with Crippen LogP contribution < -0.4 is 0 Å². The molecule has 2 N–H and O–H groups in total. The quantitative estimate of drug-likeness (QED) is 0.485.